The number of halogens is 1. The Hall–Kier alpha value is -1.38. The summed E-state index contributed by atoms with van der Waals surface area (Å²) in [4.78, 5) is 31.4. The van der Waals surface area contributed by atoms with Crippen LogP contribution in [0.15, 0.2) is 32.6 Å². The first-order chi connectivity index (χ1) is 12.3. The van der Waals surface area contributed by atoms with Crippen molar-refractivity contribution < 1.29 is 9.53 Å². The molecule has 1 amide bonds. The minimum Gasteiger partial charge on any atom is -0.382 e. The monoisotopic (exact) mass is 441 g/mol. The number of hydrogen-bond donors (Lipinski definition) is 0. The highest BCUT2D eigenvalue weighted by molar-refractivity contribution is 9.10. The Balaban J connectivity index is 2.42. The third-order valence-corrected chi connectivity index (χ3v) is 5.40. The quantitative estimate of drug-likeness (QED) is 0.357. The average molecular weight is 442 g/mol. The van der Waals surface area contributed by atoms with Gasteiger partial charge in [-0.05, 0) is 38.5 Å². The molecule has 0 fully saturated rings. The zero-order valence-electron chi connectivity index (χ0n) is 15.5. The smallest absolute Gasteiger partial charge is 0.262 e. The minimum atomic E-state index is -0.331. The van der Waals surface area contributed by atoms with Gasteiger partial charge in [-0.25, -0.2) is 4.98 Å². The van der Waals surface area contributed by atoms with Gasteiger partial charge in [0.2, 0.25) is 5.91 Å². The fraction of sp³-hybridized carbons (Fsp3) is 0.500. The number of amides is 1. The molecule has 8 heteroatoms. The molecule has 2 aromatic rings. The summed E-state index contributed by atoms with van der Waals surface area (Å²) in [5.74, 6) is -0.0129. The number of fused-ring (bicyclic) bond motifs is 1. The van der Waals surface area contributed by atoms with Crippen molar-refractivity contribution in [3.8, 4) is 0 Å². The molecule has 0 bridgehead atoms. The van der Waals surface area contributed by atoms with Crippen molar-refractivity contribution in [1.29, 1.82) is 0 Å². The molecule has 0 aliphatic heterocycles. The Morgan fingerprint density at radius 1 is 1.42 bits per heavy atom. The highest BCUT2D eigenvalue weighted by Gasteiger charge is 2.20. The van der Waals surface area contributed by atoms with Gasteiger partial charge in [0.1, 0.15) is 0 Å². The molecule has 1 aromatic heterocycles. The first-order valence-corrected chi connectivity index (χ1v) is 10.2. The lowest BCUT2D eigenvalue weighted by molar-refractivity contribution is -0.127. The van der Waals surface area contributed by atoms with Crippen molar-refractivity contribution >= 4 is 44.5 Å². The van der Waals surface area contributed by atoms with Gasteiger partial charge < -0.3 is 9.64 Å². The Bertz CT molecular complexity index is 838. The standard InChI is InChI=1S/C18H24BrN3O3S/c1-5-25-10-6-9-22-17(24)14-11-13(19)7-8-15(14)20-18(22)26-12(2)16(23)21(3)4/h7-8,11-12H,5-6,9-10H2,1-4H3. The molecular formula is C18H24BrN3O3S. The van der Waals surface area contributed by atoms with Gasteiger partial charge in [-0.2, -0.15) is 0 Å². The second kappa shape index (κ2) is 9.53. The number of aromatic nitrogens is 2. The number of benzene rings is 1. The van der Waals surface area contributed by atoms with Crippen LogP contribution in [-0.2, 0) is 16.1 Å². The topological polar surface area (TPSA) is 64.4 Å². The van der Waals surface area contributed by atoms with Crippen molar-refractivity contribution in [3.63, 3.8) is 0 Å². The Morgan fingerprint density at radius 3 is 2.81 bits per heavy atom. The summed E-state index contributed by atoms with van der Waals surface area (Å²) in [6.07, 6.45) is 0.707. The molecular weight excluding hydrogens is 418 g/mol. The van der Waals surface area contributed by atoms with E-state index in [9.17, 15) is 9.59 Å². The van der Waals surface area contributed by atoms with E-state index in [0.29, 0.717) is 42.2 Å². The maximum atomic E-state index is 13.0. The minimum absolute atomic E-state index is 0.0129. The van der Waals surface area contributed by atoms with E-state index in [4.69, 9.17) is 4.74 Å². The molecule has 6 nitrogen and oxygen atoms in total. The molecule has 0 saturated carbocycles. The first-order valence-electron chi connectivity index (χ1n) is 8.50. The van der Waals surface area contributed by atoms with Crippen LogP contribution in [0, 0.1) is 0 Å². The normalized spacial score (nSPS) is 12.3. The van der Waals surface area contributed by atoms with Gasteiger partial charge in [0.25, 0.3) is 5.56 Å². The van der Waals surface area contributed by atoms with E-state index in [1.54, 1.807) is 29.6 Å². The van der Waals surface area contributed by atoms with E-state index in [0.717, 1.165) is 4.47 Å². The number of carbonyl (C=O) groups excluding carboxylic acids is 1. The molecule has 142 valence electrons. The summed E-state index contributed by atoms with van der Waals surface area (Å²) in [7, 11) is 3.44. The second-order valence-corrected chi connectivity index (χ2v) is 8.28. The molecule has 1 unspecified atom stereocenters. The van der Waals surface area contributed by atoms with E-state index in [1.165, 1.54) is 11.8 Å². The Labute approximate surface area is 166 Å². The summed E-state index contributed by atoms with van der Waals surface area (Å²) >= 11 is 4.72. The van der Waals surface area contributed by atoms with E-state index in [1.807, 2.05) is 26.0 Å². The van der Waals surface area contributed by atoms with E-state index in [-0.39, 0.29) is 16.7 Å². The lowest BCUT2D eigenvalue weighted by Gasteiger charge is -2.18. The van der Waals surface area contributed by atoms with Crippen LogP contribution in [-0.4, -0.2) is 52.9 Å². The summed E-state index contributed by atoms with van der Waals surface area (Å²) < 4.78 is 7.87. The van der Waals surface area contributed by atoms with Crippen molar-refractivity contribution in [3.05, 3.63) is 33.0 Å². The van der Waals surface area contributed by atoms with Crippen LogP contribution in [0.4, 0.5) is 0 Å². The highest BCUT2D eigenvalue weighted by Crippen LogP contribution is 2.24. The van der Waals surface area contributed by atoms with Crippen molar-refractivity contribution in [2.75, 3.05) is 27.3 Å². The highest BCUT2D eigenvalue weighted by atomic mass is 79.9. The van der Waals surface area contributed by atoms with Crippen LogP contribution >= 0.6 is 27.7 Å². The van der Waals surface area contributed by atoms with Crippen molar-refractivity contribution in [2.24, 2.45) is 0 Å². The number of ether oxygens (including phenoxy) is 1. The van der Waals surface area contributed by atoms with Gasteiger partial charge in [-0.3, -0.25) is 14.2 Å². The number of hydrogen-bond acceptors (Lipinski definition) is 5. The maximum absolute atomic E-state index is 13.0. The fourth-order valence-corrected chi connectivity index (χ4v) is 3.94. The summed E-state index contributed by atoms with van der Waals surface area (Å²) in [5, 5.41) is 0.790. The van der Waals surface area contributed by atoms with E-state index < -0.39 is 0 Å². The van der Waals surface area contributed by atoms with Gasteiger partial charge in [0.15, 0.2) is 5.16 Å². The average Bonchev–Trinajstić information content (AvgIpc) is 2.60. The van der Waals surface area contributed by atoms with Crippen molar-refractivity contribution in [2.45, 2.75) is 37.2 Å². The predicted molar refractivity (Wildman–Crippen MR) is 109 cm³/mol. The molecule has 0 N–H and O–H groups in total. The molecule has 0 saturated heterocycles. The van der Waals surface area contributed by atoms with Crippen LogP contribution in [0.25, 0.3) is 10.9 Å². The molecule has 1 heterocycles. The number of nitrogens with zero attached hydrogens (tertiary/aromatic N) is 3. The molecule has 0 aliphatic carbocycles. The van der Waals surface area contributed by atoms with Crippen molar-refractivity contribution in [1.82, 2.24) is 14.5 Å². The lowest BCUT2D eigenvalue weighted by Crippen LogP contribution is -2.31. The van der Waals surface area contributed by atoms with Crippen LogP contribution in [0.2, 0.25) is 0 Å². The van der Waals surface area contributed by atoms with Gasteiger partial charge in [-0.1, -0.05) is 27.7 Å². The molecule has 1 atom stereocenters. The molecule has 26 heavy (non-hydrogen) atoms. The largest absolute Gasteiger partial charge is 0.382 e. The van der Waals surface area contributed by atoms with E-state index in [2.05, 4.69) is 20.9 Å². The Morgan fingerprint density at radius 2 is 2.15 bits per heavy atom. The summed E-state index contributed by atoms with van der Waals surface area (Å²) in [5.41, 5.74) is 0.533. The summed E-state index contributed by atoms with van der Waals surface area (Å²) in [6, 6.07) is 5.46. The molecule has 2 rings (SSSR count). The van der Waals surface area contributed by atoms with Gasteiger partial charge in [0.05, 0.1) is 16.2 Å². The molecule has 0 aliphatic rings. The van der Waals surface area contributed by atoms with E-state index >= 15 is 0 Å². The first kappa shape index (κ1) is 20.9. The van der Waals surface area contributed by atoms with Gasteiger partial charge >= 0.3 is 0 Å². The number of carbonyl (C=O) groups is 1. The number of rotatable bonds is 8. The van der Waals surface area contributed by atoms with Crippen LogP contribution in [0.1, 0.15) is 20.3 Å². The van der Waals surface area contributed by atoms with Crippen LogP contribution in [0.5, 0.6) is 0 Å². The van der Waals surface area contributed by atoms with Gasteiger partial charge in [-0.15, -0.1) is 0 Å². The van der Waals surface area contributed by atoms with Crippen LogP contribution < -0.4 is 5.56 Å². The third-order valence-electron chi connectivity index (χ3n) is 3.83. The summed E-state index contributed by atoms with van der Waals surface area (Å²) in [6.45, 7) is 5.50. The molecule has 1 aromatic carbocycles. The van der Waals surface area contributed by atoms with Crippen LogP contribution in [0.3, 0.4) is 0 Å². The third kappa shape index (κ3) is 5.08. The number of thioether (sulfide) groups is 1. The SMILES string of the molecule is CCOCCCn1c(SC(C)C(=O)N(C)C)nc2ccc(Br)cc2c1=O. The molecule has 0 spiro atoms. The zero-order chi connectivity index (χ0) is 19.3. The maximum Gasteiger partial charge on any atom is 0.262 e. The lowest BCUT2D eigenvalue weighted by atomic mass is 10.2. The predicted octanol–water partition coefficient (Wildman–Crippen LogP) is 3.15. The molecule has 0 radical (unpaired) electrons. The second-order valence-electron chi connectivity index (χ2n) is 6.06. The van der Waals surface area contributed by atoms with Gasteiger partial charge in [0, 0.05) is 38.3 Å². The zero-order valence-corrected chi connectivity index (χ0v) is 17.9. The fourth-order valence-electron chi connectivity index (χ4n) is 2.50. The Kier molecular flexibility index (Phi) is 7.67.